The number of hydrogen-bond acceptors (Lipinski definition) is 3. The zero-order valence-electron chi connectivity index (χ0n) is 8.51. The van der Waals surface area contributed by atoms with Crippen molar-refractivity contribution in [2.45, 2.75) is 30.1 Å². The van der Waals surface area contributed by atoms with Crippen LogP contribution in [0.4, 0.5) is 0 Å². The summed E-state index contributed by atoms with van der Waals surface area (Å²) in [7, 11) is -3.50. The lowest BCUT2D eigenvalue weighted by Gasteiger charge is -2.15. The van der Waals surface area contributed by atoms with Crippen LogP contribution < -0.4 is 0 Å². The zero-order valence-corrected chi connectivity index (χ0v) is 10.1. The van der Waals surface area contributed by atoms with Crippen LogP contribution in [0.15, 0.2) is 29.2 Å². The van der Waals surface area contributed by atoms with Gasteiger partial charge in [-0.1, -0.05) is 17.7 Å². The molecule has 0 spiro atoms. The highest BCUT2D eigenvalue weighted by Crippen LogP contribution is 2.21. The Morgan fingerprint density at radius 3 is 2.40 bits per heavy atom. The molecule has 0 heterocycles. The molecule has 2 unspecified atom stereocenters. The molecule has 1 aromatic carbocycles. The van der Waals surface area contributed by atoms with Crippen molar-refractivity contribution in [3.05, 3.63) is 29.3 Å². The van der Waals surface area contributed by atoms with Crippen LogP contribution in [0.1, 0.15) is 13.8 Å². The minimum Gasteiger partial charge on any atom is -0.392 e. The van der Waals surface area contributed by atoms with Gasteiger partial charge in [0, 0.05) is 5.02 Å². The third kappa shape index (κ3) is 2.71. The lowest BCUT2D eigenvalue weighted by Crippen LogP contribution is -2.29. The highest BCUT2D eigenvalue weighted by molar-refractivity contribution is 7.92. The van der Waals surface area contributed by atoms with Gasteiger partial charge in [-0.3, -0.25) is 0 Å². The van der Waals surface area contributed by atoms with Gasteiger partial charge in [-0.2, -0.15) is 0 Å². The van der Waals surface area contributed by atoms with E-state index in [0.717, 1.165) is 0 Å². The SMILES string of the molecule is CC(O)C(C)S(=O)(=O)c1cccc(Cl)c1. The highest BCUT2D eigenvalue weighted by Gasteiger charge is 2.27. The fourth-order valence-electron chi connectivity index (χ4n) is 1.12. The molecule has 0 aliphatic carbocycles. The predicted molar refractivity (Wildman–Crippen MR) is 59.8 cm³/mol. The van der Waals surface area contributed by atoms with Gasteiger partial charge in [0.15, 0.2) is 9.84 Å². The number of aliphatic hydroxyl groups is 1. The third-order valence-corrected chi connectivity index (χ3v) is 4.81. The van der Waals surface area contributed by atoms with Crippen LogP contribution in [-0.2, 0) is 9.84 Å². The van der Waals surface area contributed by atoms with Crippen LogP contribution in [0, 0.1) is 0 Å². The smallest absolute Gasteiger partial charge is 0.183 e. The highest BCUT2D eigenvalue weighted by atomic mass is 35.5. The number of benzene rings is 1. The molecule has 84 valence electrons. The van der Waals surface area contributed by atoms with Crippen molar-refractivity contribution in [1.29, 1.82) is 0 Å². The third-order valence-electron chi connectivity index (χ3n) is 2.29. The minimum atomic E-state index is -3.50. The molecule has 3 nitrogen and oxygen atoms in total. The fraction of sp³-hybridized carbons (Fsp3) is 0.400. The first-order valence-corrected chi connectivity index (χ1v) is 6.45. The maximum atomic E-state index is 11.9. The average molecular weight is 249 g/mol. The summed E-state index contributed by atoms with van der Waals surface area (Å²) in [4.78, 5) is 0.142. The van der Waals surface area contributed by atoms with Crippen LogP contribution in [0.3, 0.4) is 0 Å². The molecule has 0 aliphatic heterocycles. The second-order valence-electron chi connectivity index (χ2n) is 3.45. The molecule has 2 atom stereocenters. The molecular weight excluding hydrogens is 236 g/mol. The zero-order chi connectivity index (χ0) is 11.6. The lowest BCUT2D eigenvalue weighted by atomic mass is 10.3. The van der Waals surface area contributed by atoms with Gasteiger partial charge in [0.25, 0.3) is 0 Å². The van der Waals surface area contributed by atoms with Gasteiger partial charge >= 0.3 is 0 Å². The summed E-state index contributed by atoms with van der Waals surface area (Å²) in [5.74, 6) is 0. The number of aliphatic hydroxyl groups excluding tert-OH is 1. The maximum Gasteiger partial charge on any atom is 0.183 e. The number of sulfone groups is 1. The van der Waals surface area contributed by atoms with E-state index in [9.17, 15) is 13.5 Å². The Balaban J connectivity index is 3.17. The molecule has 0 amide bonds. The van der Waals surface area contributed by atoms with Crippen molar-refractivity contribution in [3.63, 3.8) is 0 Å². The van der Waals surface area contributed by atoms with E-state index in [2.05, 4.69) is 0 Å². The molecule has 0 saturated carbocycles. The molecule has 0 fully saturated rings. The summed E-state index contributed by atoms with van der Waals surface area (Å²) in [6, 6.07) is 6.04. The topological polar surface area (TPSA) is 54.4 Å². The molecule has 0 bridgehead atoms. The fourth-order valence-corrected chi connectivity index (χ4v) is 2.88. The van der Waals surface area contributed by atoms with E-state index in [-0.39, 0.29) is 4.90 Å². The molecule has 15 heavy (non-hydrogen) atoms. The van der Waals surface area contributed by atoms with Gasteiger partial charge in [0.1, 0.15) is 0 Å². The van der Waals surface area contributed by atoms with Crippen LogP contribution in [-0.4, -0.2) is 24.9 Å². The van der Waals surface area contributed by atoms with Crippen molar-refractivity contribution >= 4 is 21.4 Å². The summed E-state index contributed by atoms with van der Waals surface area (Å²) >= 11 is 5.71. The molecule has 0 saturated heterocycles. The first-order valence-electron chi connectivity index (χ1n) is 4.53. The van der Waals surface area contributed by atoms with Crippen molar-refractivity contribution in [2.75, 3.05) is 0 Å². The van der Waals surface area contributed by atoms with Crippen LogP contribution in [0.25, 0.3) is 0 Å². The monoisotopic (exact) mass is 248 g/mol. The largest absolute Gasteiger partial charge is 0.392 e. The van der Waals surface area contributed by atoms with Gasteiger partial charge in [0.2, 0.25) is 0 Å². The Morgan fingerprint density at radius 2 is 1.93 bits per heavy atom. The molecule has 1 N–H and O–H groups in total. The second kappa shape index (κ2) is 4.51. The van der Waals surface area contributed by atoms with E-state index in [4.69, 9.17) is 11.6 Å². The van der Waals surface area contributed by atoms with E-state index in [1.807, 2.05) is 0 Å². The molecule has 1 aromatic rings. The van der Waals surface area contributed by atoms with Gasteiger partial charge < -0.3 is 5.11 Å². The Hall–Kier alpha value is -0.580. The molecule has 0 radical (unpaired) electrons. The summed E-state index contributed by atoms with van der Waals surface area (Å²) < 4.78 is 23.8. The summed E-state index contributed by atoms with van der Waals surface area (Å²) in [5.41, 5.74) is 0. The standard InChI is InChI=1S/C10H13ClO3S/c1-7(12)8(2)15(13,14)10-5-3-4-9(11)6-10/h3-8,12H,1-2H3. The molecule has 0 aromatic heterocycles. The van der Waals surface area contributed by atoms with Crippen molar-refractivity contribution < 1.29 is 13.5 Å². The number of halogens is 1. The molecule has 5 heteroatoms. The summed E-state index contributed by atoms with van der Waals surface area (Å²) in [6.45, 7) is 2.92. The van der Waals surface area contributed by atoms with E-state index in [1.165, 1.54) is 26.0 Å². The first-order chi connectivity index (χ1) is 6.85. The van der Waals surface area contributed by atoms with E-state index in [1.54, 1.807) is 12.1 Å². The Labute approximate surface area is 94.6 Å². The Bertz CT molecular complexity index is 440. The minimum absolute atomic E-state index is 0.142. The maximum absolute atomic E-state index is 11.9. The van der Waals surface area contributed by atoms with Crippen molar-refractivity contribution in [3.8, 4) is 0 Å². The Kier molecular flexibility index (Phi) is 3.76. The number of rotatable bonds is 3. The van der Waals surface area contributed by atoms with Gasteiger partial charge in [-0.25, -0.2) is 8.42 Å². The normalized spacial score (nSPS) is 16.0. The Morgan fingerprint density at radius 1 is 1.33 bits per heavy atom. The quantitative estimate of drug-likeness (QED) is 0.889. The van der Waals surface area contributed by atoms with Gasteiger partial charge in [-0.05, 0) is 32.0 Å². The predicted octanol–water partition coefficient (Wildman–Crippen LogP) is 1.88. The van der Waals surface area contributed by atoms with E-state index < -0.39 is 21.2 Å². The first kappa shape index (κ1) is 12.5. The lowest BCUT2D eigenvalue weighted by molar-refractivity contribution is 0.193. The average Bonchev–Trinajstić information content (AvgIpc) is 2.16. The van der Waals surface area contributed by atoms with E-state index >= 15 is 0 Å². The molecular formula is C10H13ClO3S. The van der Waals surface area contributed by atoms with E-state index in [0.29, 0.717) is 5.02 Å². The van der Waals surface area contributed by atoms with Gasteiger partial charge in [-0.15, -0.1) is 0 Å². The van der Waals surface area contributed by atoms with Crippen LogP contribution in [0.5, 0.6) is 0 Å². The second-order valence-corrected chi connectivity index (χ2v) is 6.19. The summed E-state index contributed by atoms with van der Waals surface area (Å²) in [5, 5.41) is 8.81. The molecule has 0 aliphatic rings. The number of hydrogen-bond donors (Lipinski definition) is 1. The molecule has 1 rings (SSSR count). The van der Waals surface area contributed by atoms with Crippen molar-refractivity contribution in [2.24, 2.45) is 0 Å². The van der Waals surface area contributed by atoms with Crippen LogP contribution in [0.2, 0.25) is 5.02 Å². The summed E-state index contributed by atoms with van der Waals surface area (Å²) in [6.07, 6.45) is -0.908. The van der Waals surface area contributed by atoms with Crippen molar-refractivity contribution in [1.82, 2.24) is 0 Å². The van der Waals surface area contributed by atoms with Gasteiger partial charge in [0.05, 0.1) is 16.2 Å². The van der Waals surface area contributed by atoms with Crippen LogP contribution >= 0.6 is 11.6 Å².